The van der Waals surface area contributed by atoms with Crippen LogP contribution >= 0.6 is 0 Å². The number of hydrogen-bond donors (Lipinski definition) is 3. The third-order valence-corrected chi connectivity index (χ3v) is 4.46. The quantitative estimate of drug-likeness (QED) is 0.794. The third kappa shape index (κ3) is 2.84. The van der Waals surface area contributed by atoms with Gasteiger partial charge >= 0.3 is 5.97 Å². The molecule has 5 nitrogen and oxygen atoms in total. The van der Waals surface area contributed by atoms with Crippen LogP contribution < -0.4 is 5.32 Å². The molecule has 22 heavy (non-hydrogen) atoms. The van der Waals surface area contributed by atoms with Gasteiger partial charge in [-0.3, -0.25) is 4.79 Å². The second-order valence-electron chi connectivity index (χ2n) is 6.20. The Labute approximate surface area is 128 Å². The number of carbonyl (C=O) groups is 2. The van der Waals surface area contributed by atoms with Crippen molar-refractivity contribution in [2.45, 2.75) is 39.2 Å². The van der Waals surface area contributed by atoms with Crippen molar-refractivity contribution >= 4 is 22.8 Å². The minimum atomic E-state index is -0.969. The summed E-state index contributed by atoms with van der Waals surface area (Å²) in [6.07, 6.45) is 2.63. The molecule has 0 aliphatic heterocycles. The average molecular weight is 300 g/mol. The van der Waals surface area contributed by atoms with Crippen LogP contribution in [-0.2, 0) is 4.79 Å². The van der Waals surface area contributed by atoms with Gasteiger partial charge in [0, 0.05) is 10.9 Å². The Morgan fingerprint density at radius 3 is 2.73 bits per heavy atom. The van der Waals surface area contributed by atoms with E-state index in [4.69, 9.17) is 0 Å². The van der Waals surface area contributed by atoms with Crippen molar-refractivity contribution in [3.8, 4) is 0 Å². The molecule has 1 unspecified atom stereocenters. The molecule has 1 amide bonds. The summed E-state index contributed by atoms with van der Waals surface area (Å²) in [5.41, 5.74) is 3.59. The molecular formula is C17H20N2O3. The van der Waals surface area contributed by atoms with E-state index in [1.165, 1.54) is 0 Å². The van der Waals surface area contributed by atoms with Crippen molar-refractivity contribution < 1.29 is 14.7 Å². The van der Waals surface area contributed by atoms with Gasteiger partial charge in [0.25, 0.3) is 5.91 Å². The van der Waals surface area contributed by atoms with Gasteiger partial charge in [0.1, 0.15) is 11.7 Å². The highest BCUT2D eigenvalue weighted by atomic mass is 16.4. The number of aromatic nitrogens is 1. The Bertz CT molecular complexity index is 744. The zero-order valence-corrected chi connectivity index (χ0v) is 12.8. The number of benzene rings is 1. The molecule has 0 saturated heterocycles. The fourth-order valence-electron chi connectivity index (χ4n) is 2.72. The van der Waals surface area contributed by atoms with Crippen LogP contribution in [0.3, 0.4) is 0 Å². The number of hydrogen-bond acceptors (Lipinski definition) is 2. The molecular weight excluding hydrogens is 280 g/mol. The van der Waals surface area contributed by atoms with E-state index in [2.05, 4.69) is 10.3 Å². The van der Waals surface area contributed by atoms with Crippen LogP contribution in [0.4, 0.5) is 0 Å². The predicted octanol–water partition coefficient (Wildman–Crippen LogP) is 2.77. The van der Waals surface area contributed by atoms with Crippen LogP contribution in [0.1, 0.15) is 40.9 Å². The molecule has 1 aliphatic rings. The zero-order chi connectivity index (χ0) is 15.9. The lowest BCUT2D eigenvalue weighted by molar-refractivity contribution is -0.139. The Balaban J connectivity index is 1.81. The number of aromatic amines is 1. The molecule has 1 heterocycles. The summed E-state index contributed by atoms with van der Waals surface area (Å²) in [4.78, 5) is 26.7. The molecule has 116 valence electrons. The van der Waals surface area contributed by atoms with Gasteiger partial charge in [0.2, 0.25) is 0 Å². The second kappa shape index (κ2) is 5.48. The number of nitrogens with one attached hydrogen (secondary N) is 2. The molecule has 5 heteroatoms. The maximum absolute atomic E-state index is 12.3. The molecule has 1 atom stereocenters. The maximum atomic E-state index is 12.3. The summed E-state index contributed by atoms with van der Waals surface area (Å²) in [6.45, 7) is 4.04. The van der Waals surface area contributed by atoms with Crippen molar-refractivity contribution in [3.05, 3.63) is 35.0 Å². The van der Waals surface area contributed by atoms with Gasteiger partial charge in [-0.05, 0) is 49.4 Å². The van der Waals surface area contributed by atoms with Crippen LogP contribution in [0, 0.1) is 19.8 Å². The number of H-pyrrole nitrogens is 1. The first-order chi connectivity index (χ1) is 10.5. The highest BCUT2D eigenvalue weighted by Crippen LogP contribution is 2.33. The van der Waals surface area contributed by atoms with Crippen LogP contribution in [0.25, 0.3) is 10.9 Å². The van der Waals surface area contributed by atoms with Crippen molar-refractivity contribution in [3.63, 3.8) is 0 Å². The predicted molar refractivity (Wildman–Crippen MR) is 84.0 cm³/mol. The van der Waals surface area contributed by atoms with E-state index in [1.807, 2.05) is 26.0 Å². The van der Waals surface area contributed by atoms with E-state index in [9.17, 15) is 14.7 Å². The summed E-state index contributed by atoms with van der Waals surface area (Å²) in [5.74, 6) is -0.890. The number of aryl methyl sites for hydroxylation is 2. The van der Waals surface area contributed by atoms with Gasteiger partial charge < -0.3 is 15.4 Å². The van der Waals surface area contributed by atoms with Gasteiger partial charge in [-0.15, -0.1) is 0 Å². The molecule has 0 spiro atoms. The molecule has 2 aromatic rings. The number of fused-ring (bicyclic) bond motifs is 1. The fourth-order valence-corrected chi connectivity index (χ4v) is 2.72. The minimum Gasteiger partial charge on any atom is -0.480 e. The molecule has 1 fully saturated rings. The van der Waals surface area contributed by atoms with E-state index in [0.29, 0.717) is 18.0 Å². The van der Waals surface area contributed by atoms with Gasteiger partial charge in [0.15, 0.2) is 0 Å². The van der Waals surface area contributed by atoms with Crippen molar-refractivity contribution in [1.29, 1.82) is 0 Å². The maximum Gasteiger partial charge on any atom is 0.326 e. The first-order valence-electron chi connectivity index (χ1n) is 7.58. The summed E-state index contributed by atoms with van der Waals surface area (Å²) >= 11 is 0. The van der Waals surface area contributed by atoms with Crippen LogP contribution in [0.2, 0.25) is 0 Å². The highest BCUT2D eigenvalue weighted by molar-refractivity contribution is 6.00. The smallest absolute Gasteiger partial charge is 0.326 e. The number of aliphatic carboxylic acids is 1. The first-order valence-corrected chi connectivity index (χ1v) is 7.58. The largest absolute Gasteiger partial charge is 0.480 e. The number of amides is 1. The SMILES string of the molecule is Cc1ccc2[nH]c(C(=O)NC(CC3CC3)C(=O)O)cc2c1C. The van der Waals surface area contributed by atoms with Crippen LogP contribution in [-0.4, -0.2) is 28.0 Å². The summed E-state index contributed by atoms with van der Waals surface area (Å²) < 4.78 is 0. The lowest BCUT2D eigenvalue weighted by atomic mass is 10.1. The van der Waals surface area contributed by atoms with Crippen molar-refractivity contribution in [2.75, 3.05) is 0 Å². The molecule has 0 bridgehead atoms. The summed E-state index contributed by atoms with van der Waals surface area (Å²) in [6, 6.07) is 4.92. The second-order valence-corrected chi connectivity index (χ2v) is 6.20. The lowest BCUT2D eigenvalue weighted by Crippen LogP contribution is -2.41. The lowest BCUT2D eigenvalue weighted by Gasteiger charge is -2.13. The molecule has 1 aliphatic carbocycles. The standard InChI is InChI=1S/C17H20N2O3/c1-9-3-6-13-12(10(9)2)8-14(18-13)16(20)19-15(17(21)22)7-11-4-5-11/h3,6,8,11,15,18H,4-5,7H2,1-2H3,(H,19,20)(H,21,22). The average Bonchev–Trinajstić information content (AvgIpc) is 3.18. The van der Waals surface area contributed by atoms with Gasteiger partial charge in [-0.25, -0.2) is 4.79 Å². The molecule has 1 aromatic heterocycles. The molecule has 1 saturated carbocycles. The van der Waals surface area contributed by atoms with E-state index in [1.54, 1.807) is 6.07 Å². The van der Waals surface area contributed by atoms with Crippen molar-refractivity contribution in [1.82, 2.24) is 10.3 Å². The van der Waals surface area contributed by atoms with Crippen LogP contribution in [0.15, 0.2) is 18.2 Å². The Hall–Kier alpha value is -2.30. The monoisotopic (exact) mass is 300 g/mol. The zero-order valence-electron chi connectivity index (χ0n) is 12.8. The Kier molecular flexibility index (Phi) is 3.64. The fraction of sp³-hybridized carbons (Fsp3) is 0.412. The number of rotatable bonds is 5. The molecule has 0 radical (unpaired) electrons. The minimum absolute atomic E-state index is 0.360. The third-order valence-electron chi connectivity index (χ3n) is 4.46. The molecule has 3 N–H and O–H groups in total. The molecule has 1 aromatic carbocycles. The normalized spacial score (nSPS) is 15.7. The van der Waals surface area contributed by atoms with Gasteiger partial charge in [-0.1, -0.05) is 18.9 Å². The Morgan fingerprint density at radius 1 is 1.36 bits per heavy atom. The van der Waals surface area contributed by atoms with E-state index in [0.717, 1.165) is 34.9 Å². The topological polar surface area (TPSA) is 82.2 Å². The van der Waals surface area contributed by atoms with Crippen molar-refractivity contribution in [2.24, 2.45) is 5.92 Å². The first kappa shape index (κ1) is 14.6. The van der Waals surface area contributed by atoms with Gasteiger partial charge in [-0.2, -0.15) is 0 Å². The Morgan fingerprint density at radius 2 is 2.09 bits per heavy atom. The van der Waals surface area contributed by atoms with Gasteiger partial charge in [0.05, 0.1) is 0 Å². The van der Waals surface area contributed by atoms with E-state index >= 15 is 0 Å². The molecule has 3 rings (SSSR count). The van der Waals surface area contributed by atoms with E-state index in [-0.39, 0.29) is 5.91 Å². The van der Waals surface area contributed by atoms with E-state index < -0.39 is 12.0 Å². The number of carboxylic acid groups (broad SMARTS) is 1. The summed E-state index contributed by atoms with van der Waals surface area (Å²) in [7, 11) is 0. The number of carbonyl (C=O) groups excluding carboxylic acids is 1. The highest BCUT2D eigenvalue weighted by Gasteiger charge is 2.30. The van der Waals surface area contributed by atoms with Crippen LogP contribution in [0.5, 0.6) is 0 Å². The number of carboxylic acids is 1. The summed E-state index contributed by atoms with van der Waals surface area (Å²) in [5, 5.41) is 12.9.